The van der Waals surface area contributed by atoms with E-state index in [9.17, 15) is 0 Å². The fourth-order valence-electron chi connectivity index (χ4n) is 7.92. The first-order valence-electron chi connectivity index (χ1n) is 17.2. The summed E-state index contributed by atoms with van der Waals surface area (Å²) in [5, 5.41) is 9.97. The van der Waals surface area contributed by atoms with Gasteiger partial charge in [0.05, 0.1) is 33.6 Å². The largest absolute Gasteiger partial charge is 0.456 e. The van der Waals surface area contributed by atoms with Crippen molar-refractivity contribution in [2.24, 2.45) is 0 Å². The van der Waals surface area contributed by atoms with Crippen molar-refractivity contribution in [3.05, 3.63) is 164 Å². The van der Waals surface area contributed by atoms with Crippen LogP contribution in [0.4, 0.5) is 0 Å². The fraction of sp³-hybridized carbons (Fsp3) is 0. The van der Waals surface area contributed by atoms with Crippen molar-refractivity contribution in [3.63, 3.8) is 0 Å². The molecule has 0 saturated heterocycles. The quantitative estimate of drug-likeness (QED) is 0.141. The number of pyridine rings is 3. The maximum Gasteiger partial charge on any atom is 0.136 e. The van der Waals surface area contributed by atoms with Crippen LogP contribution in [0.15, 0.2) is 168 Å². The fourth-order valence-corrected chi connectivity index (χ4v) is 7.92. The molecular formula is C47H27N3O. The van der Waals surface area contributed by atoms with Crippen LogP contribution in [0.2, 0.25) is 0 Å². The summed E-state index contributed by atoms with van der Waals surface area (Å²) in [6.45, 7) is 0. The summed E-state index contributed by atoms with van der Waals surface area (Å²) >= 11 is 0. The second-order valence-corrected chi connectivity index (χ2v) is 13.1. The predicted octanol–water partition coefficient (Wildman–Crippen LogP) is 12.5. The van der Waals surface area contributed by atoms with Gasteiger partial charge < -0.3 is 4.42 Å². The summed E-state index contributed by atoms with van der Waals surface area (Å²) in [6.07, 6.45) is 0. The number of fused-ring (bicyclic) bond motifs is 10. The van der Waals surface area contributed by atoms with Gasteiger partial charge in [-0.2, -0.15) is 0 Å². The highest BCUT2D eigenvalue weighted by molar-refractivity contribution is 6.22. The van der Waals surface area contributed by atoms with Gasteiger partial charge in [0.25, 0.3) is 0 Å². The first-order chi connectivity index (χ1) is 25.3. The van der Waals surface area contributed by atoms with E-state index in [2.05, 4.69) is 127 Å². The topological polar surface area (TPSA) is 51.8 Å². The molecule has 4 nitrogen and oxygen atoms in total. The molecule has 0 aliphatic rings. The molecule has 11 aromatic rings. The van der Waals surface area contributed by atoms with Gasteiger partial charge in [-0.05, 0) is 64.0 Å². The van der Waals surface area contributed by atoms with Crippen molar-refractivity contribution in [1.29, 1.82) is 0 Å². The predicted molar refractivity (Wildman–Crippen MR) is 211 cm³/mol. The molecule has 0 radical (unpaired) electrons. The average molecular weight is 650 g/mol. The molecule has 0 amide bonds. The van der Waals surface area contributed by atoms with Gasteiger partial charge in [-0.1, -0.05) is 121 Å². The summed E-state index contributed by atoms with van der Waals surface area (Å²) < 4.78 is 6.18. The summed E-state index contributed by atoms with van der Waals surface area (Å²) in [5.74, 6) is 0. The SMILES string of the molecule is c1ccc(-c2ccc3ccc4ccc(-c5c6ccccc6c(-c6ccc7c(ccc8oc9ccccc9c87)n6)c6ccccc56)nc4c3n2)cc1. The van der Waals surface area contributed by atoms with Crippen LogP contribution >= 0.6 is 0 Å². The van der Waals surface area contributed by atoms with E-state index < -0.39 is 0 Å². The van der Waals surface area contributed by atoms with E-state index in [1.54, 1.807) is 0 Å². The van der Waals surface area contributed by atoms with Crippen LogP contribution in [0, 0.1) is 0 Å². The number of furan rings is 1. The molecule has 0 atom stereocenters. The average Bonchev–Trinajstić information content (AvgIpc) is 3.59. The third kappa shape index (κ3) is 4.23. The Bertz CT molecular complexity index is 3140. The summed E-state index contributed by atoms with van der Waals surface area (Å²) in [7, 11) is 0. The zero-order valence-electron chi connectivity index (χ0n) is 27.3. The molecule has 51 heavy (non-hydrogen) atoms. The smallest absolute Gasteiger partial charge is 0.136 e. The Morgan fingerprint density at radius 2 is 0.843 bits per heavy atom. The minimum atomic E-state index is 0.876. The number of nitrogens with zero attached hydrogens (tertiary/aromatic N) is 3. The van der Waals surface area contributed by atoms with Gasteiger partial charge in [0, 0.05) is 43.6 Å². The standard InChI is InChI=1S/C47H27N3O/c1-2-10-28(11-3-1)37-23-20-29-18-19-30-21-24-40(50-47(30)46(29)49-37)44-33-14-6-4-12-31(33)43(32-13-5-7-15-34(32)44)39-25-22-35-38(48-39)26-27-42-45(35)36-16-8-9-17-41(36)51-42/h1-27H. The van der Waals surface area contributed by atoms with Gasteiger partial charge in [0.2, 0.25) is 0 Å². The molecule has 0 saturated carbocycles. The third-order valence-corrected chi connectivity index (χ3v) is 10.2. The lowest BCUT2D eigenvalue weighted by atomic mass is 9.88. The van der Waals surface area contributed by atoms with E-state index in [0.717, 1.165) is 110 Å². The van der Waals surface area contributed by atoms with Crippen molar-refractivity contribution in [1.82, 2.24) is 15.0 Å². The molecule has 0 fully saturated rings. The molecule has 4 aromatic heterocycles. The first-order valence-corrected chi connectivity index (χ1v) is 17.2. The van der Waals surface area contributed by atoms with Gasteiger partial charge in [-0.3, -0.25) is 0 Å². The second kappa shape index (κ2) is 10.8. The van der Waals surface area contributed by atoms with Crippen LogP contribution in [0.1, 0.15) is 0 Å². The van der Waals surface area contributed by atoms with Gasteiger partial charge in [0.15, 0.2) is 0 Å². The molecule has 0 N–H and O–H groups in total. The number of rotatable bonds is 3. The van der Waals surface area contributed by atoms with Gasteiger partial charge in [-0.15, -0.1) is 0 Å². The molecule has 0 unspecified atom stereocenters. The van der Waals surface area contributed by atoms with E-state index >= 15 is 0 Å². The Morgan fingerprint density at radius 1 is 0.333 bits per heavy atom. The Hall–Kier alpha value is -6.91. The molecule has 0 spiro atoms. The minimum Gasteiger partial charge on any atom is -0.456 e. The van der Waals surface area contributed by atoms with Crippen LogP contribution in [0.5, 0.6) is 0 Å². The highest BCUT2D eigenvalue weighted by atomic mass is 16.3. The van der Waals surface area contributed by atoms with Crippen molar-refractivity contribution in [2.75, 3.05) is 0 Å². The molecule has 236 valence electrons. The molecular weight excluding hydrogens is 623 g/mol. The molecule has 0 aliphatic heterocycles. The number of para-hydroxylation sites is 1. The third-order valence-electron chi connectivity index (χ3n) is 10.2. The first kappa shape index (κ1) is 28.0. The van der Waals surface area contributed by atoms with Gasteiger partial charge in [-0.25, -0.2) is 15.0 Å². The van der Waals surface area contributed by atoms with Crippen LogP contribution in [-0.2, 0) is 0 Å². The summed E-state index contributed by atoms with van der Waals surface area (Å²) in [5.41, 5.74) is 10.6. The Balaban J connectivity index is 1.16. The molecule has 0 aliphatic carbocycles. The lowest BCUT2D eigenvalue weighted by Gasteiger charge is -2.17. The highest BCUT2D eigenvalue weighted by Crippen LogP contribution is 2.44. The number of hydrogen-bond donors (Lipinski definition) is 0. The second-order valence-electron chi connectivity index (χ2n) is 13.1. The van der Waals surface area contributed by atoms with Crippen LogP contribution in [0.25, 0.3) is 110 Å². The number of hydrogen-bond acceptors (Lipinski definition) is 4. The minimum absolute atomic E-state index is 0.876. The summed E-state index contributed by atoms with van der Waals surface area (Å²) in [4.78, 5) is 15.9. The highest BCUT2D eigenvalue weighted by Gasteiger charge is 2.20. The maximum atomic E-state index is 6.18. The molecule has 4 heterocycles. The molecule has 11 rings (SSSR count). The van der Waals surface area contributed by atoms with Crippen molar-refractivity contribution < 1.29 is 4.42 Å². The van der Waals surface area contributed by atoms with Crippen molar-refractivity contribution >= 4 is 76.2 Å². The number of aromatic nitrogens is 3. The Labute approximate surface area is 292 Å². The normalized spacial score (nSPS) is 11.9. The molecule has 4 heteroatoms. The van der Waals surface area contributed by atoms with E-state index in [4.69, 9.17) is 19.4 Å². The van der Waals surface area contributed by atoms with Crippen LogP contribution in [-0.4, -0.2) is 15.0 Å². The number of benzene rings is 7. The van der Waals surface area contributed by atoms with E-state index in [-0.39, 0.29) is 0 Å². The summed E-state index contributed by atoms with van der Waals surface area (Å²) in [6, 6.07) is 57.2. The van der Waals surface area contributed by atoms with Crippen LogP contribution < -0.4 is 0 Å². The van der Waals surface area contributed by atoms with Gasteiger partial charge >= 0.3 is 0 Å². The van der Waals surface area contributed by atoms with Crippen molar-refractivity contribution in [3.8, 4) is 33.8 Å². The lowest BCUT2D eigenvalue weighted by molar-refractivity contribution is 0.669. The lowest BCUT2D eigenvalue weighted by Crippen LogP contribution is -1.95. The zero-order chi connectivity index (χ0) is 33.5. The Morgan fingerprint density at radius 3 is 1.51 bits per heavy atom. The monoisotopic (exact) mass is 649 g/mol. The molecule has 0 bridgehead atoms. The van der Waals surface area contributed by atoms with Crippen LogP contribution in [0.3, 0.4) is 0 Å². The molecule has 7 aromatic carbocycles. The zero-order valence-corrected chi connectivity index (χ0v) is 27.3. The van der Waals surface area contributed by atoms with E-state index in [1.807, 2.05) is 36.4 Å². The van der Waals surface area contributed by atoms with E-state index in [1.165, 1.54) is 0 Å². The van der Waals surface area contributed by atoms with Crippen molar-refractivity contribution in [2.45, 2.75) is 0 Å². The maximum absolute atomic E-state index is 6.18. The Kier molecular flexibility index (Phi) is 5.92. The van der Waals surface area contributed by atoms with Gasteiger partial charge in [0.1, 0.15) is 11.2 Å². The van der Waals surface area contributed by atoms with E-state index in [0.29, 0.717) is 0 Å².